The number of rotatable bonds is 1. The Morgan fingerprint density at radius 3 is 3.14 bits per heavy atom. The van der Waals surface area contributed by atoms with E-state index >= 15 is 0 Å². The first-order chi connectivity index (χ1) is 10.2. The first-order valence-corrected chi connectivity index (χ1v) is 7.95. The third-order valence-electron chi connectivity index (χ3n) is 4.03. The van der Waals surface area contributed by atoms with Crippen molar-refractivity contribution in [2.45, 2.75) is 18.4 Å². The number of piperidine rings is 1. The summed E-state index contributed by atoms with van der Waals surface area (Å²) >= 11 is -1.16. The molecule has 2 saturated heterocycles. The fourth-order valence-electron chi connectivity index (χ4n) is 3.09. The molecule has 2 aliphatic heterocycles. The summed E-state index contributed by atoms with van der Waals surface area (Å²) in [6.45, 7) is 2.29. The van der Waals surface area contributed by atoms with Crippen molar-refractivity contribution in [2.75, 3.05) is 30.3 Å². The minimum Gasteiger partial charge on any atom is -0.368 e. The van der Waals surface area contributed by atoms with Gasteiger partial charge in [0.2, 0.25) is 5.95 Å². The molecule has 1 spiro atoms. The summed E-state index contributed by atoms with van der Waals surface area (Å²) in [6, 6.07) is 0. The fourth-order valence-corrected chi connectivity index (χ4v) is 4.20. The molecule has 2 aromatic rings. The molecule has 2 atom stereocenters. The van der Waals surface area contributed by atoms with E-state index in [1.165, 1.54) is 0 Å². The van der Waals surface area contributed by atoms with Crippen molar-refractivity contribution in [2.24, 2.45) is 0 Å². The molecule has 0 saturated carbocycles. The number of fused-ring (bicyclic) bond motifs is 1. The van der Waals surface area contributed by atoms with E-state index in [4.69, 9.17) is 5.73 Å². The number of hydrogen-bond donors (Lipinski definition) is 4. The molecule has 2 aromatic heterocycles. The van der Waals surface area contributed by atoms with Crippen LogP contribution in [0.25, 0.3) is 11.0 Å². The largest absolute Gasteiger partial charge is 0.368 e. The minimum atomic E-state index is -1.16. The number of nitrogens with one attached hydrogen (secondary N) is 3. The zero-order valence-corrected chi connectivity index (χ0v) is 12.1. The van der Waals surface area contributed by atoms with Crippen LogP contribution in [0.4, 0.5) is 11.8 Å². The van der Waals surface area contributed by atoms with Gasteiger partial charge >= 0.3 is 0 Å². The lowest BCUT2D eigenvalue weighted by molar-refractivity contribution is 0.338. The molecule has 2 aliphatic rings. The van der Waals surface area contributed by atoms with Gasteiger partial charge in [0.25, 0.3) is 0 Å². The highest BCUT2D eigenvalue weighted by molar-refractivity contribution is 7.81. The molecular formula is C11H16N8OS. The lowest BCUT2D eigenvalue weighted by Crippen LogP contribution is -2.56. The lowest BCUT2D eigenvalue weighted by Gasteiger charge is -2.39. The van der Waals surface area contributed by atoms with Gasteiger partial charge in [0.15, 0.2) is 16.8 Å². The van der Waals surface area contributed by atoms with Gasteiger partial charge in [-0.05, 0) is 12.8 Å². The van der Waals surface area contributed by atoms with Crippen molar-refractivity contribution in [1.29, 1.82) is 0 Å². The molecule has 0 bridgehead atoms. The second-order valence-corrected chi connectivity index (χ2v) is 6.57. The van der Waals surface area contributed by atoms with Gasteiger partial charge in [-0.2, -0.15) is 15.1 Å². The molecule has 2 fully saturated rings. The number of nitrogen functional groups attached to an aromatic ring is 1. The van der Waals surface area contributed by atoms with Gasteiger partial charge in [0.05, 0.1) is 17.1 Å². The molecule has 2 unspecified atom stereocenters. The quantitative estimate of drug-likeness (QED) is 0.538. The van der Waals surface area contributed by atoms with Crippen LogP contribution >= 0.6 is 0 Å². The van der Waals surface area contributed by atoms with Crippen molar-refractivity contribution < 1.29 is 4.21 Å². The van der Waals surface area contributed by atoms with E-state index in [-0.39, 0.29) is 11.5 Å². The Balaban J connectivity index is 1.71. The van der Waals surface area contributed by atoms with Crippen molar-refractivity contribution in [3.8, 4) is 0 Å². The summed E-state index contributed by atoms with van der Waals surface area (Å²) in [5.74, 6) is 1.01. The molecule has 0 aliphatic carbocycles. The molecule has 5 N–H and O–H groups in total. The molecular weight excluding hydrogens is 292 g/mol. The van der Waals surface area contributed by atoms with E-state index in [0.29, 0.717) is 12.2 Å². The topological polar surface area (TPSA) is 125 Å². The van der Waals surface area contributed by atoms with Crippen LogP contribution in [0.1, 0.15) is 12.8 Å². The summed E-state index contributed by atoms with van der Waals surface area (Å²) in [5.41, 5.74) is 6.24. The Hall–Kier alpha value is -1.78. The third kappa shape index (κ3) is 2.15. The van der Waals surface area contributed by atoms with Crippen molar-refractivity contribution >= 4 is 34.0 Å². The van der Waals surface area contributed by atoms with E-state index in [1.54, 1.807) is 6.20 Å². The van der Waals surface area contributed by atoms with Crippen LogP contribution in [0.5, 0.6) is 0 Å². The molecule has 10 heteroatoms. The van der Waals surface area contributed by atoms with Crippen LogP contribution in [-0.2, 0) is 11.2 Å². The van der Waals surface area contributed by atoms with Gasteiger partial charge in [-0.15, -0.1) is 0 Å². The average molecular weight is 308 g/mol. The highest BCUT2D eigenvalue weighted by atomic mass is 32.2. The van der Waals surface area contributed by atoms with Crippen LogP contribution in [0, 0.1) is 0 Å². The van der Waals surface area contributed by atoms with E-state index in [9.17, 15) is 4.21 Å². The highest BCUT2D eigenvalue weighted by Gasteiger charge is 2.41. The zero-order valence-electron chi connectivity index (χ0n) is 11.3. The standard InChI is InChI=1S/C11H16N8OS/c12-10-15-8-7(4-13-17-8)9(16-10)19-3-1-2-11(6-19)5-14-21(20)18-11/h4,14,18H,1-3,5-6H2,(H3,12,13,15,16,17). The monoisotopic (exact) mass is 308 g/mol. The SMILES string of the molecule is Nc1nc(N2CCCC3(CNS(=O)N3)C2)c2cn[nH]c2n1. The molecule has 112 valence electrons. The Morgan fingerprint density at radius 2 is 2.33 bits per heavy atom. The summed E-state index contributed by atoms with van der Waals surface area (Å²) in [5, 5.41) is 7.69. The normalized spacial score (nSPS) is 29.5. The molecule has 0 amide bonds. The molecule has 21 heavy (non-hydrogen) atoms. The summed E-state index contributed by atoms with van der Waals surface area (Å²) in [4.78, 5) is 10.7. The van der Waals surface area contributed by atoms with Gasteiger partial charge in [0.1, 0.15) is 5.82 Å². The Morgan fingerprint density at radius 1 is 1.43 bits per heavy atom. The Labute approximate surface area is 123 Å². The van der Waals surface area contributed by atoms with Crippen LogP contribution in [0.2, 0.25) is 0 Å². The van der Waals surface area contributed by atoms with Crippen LogP contribution in [0.15, 0.2) is 6.20 Å². The fraction of sp³-hybridized carbons (Fsp3) is 0.545. The van der Waals surface area contributed by atoms with E-state index < -0.39 is 11.2 Å². The number of aromatic amines is 1. The Bertz CT molecular complexity index is 717. The first kappa shape index (κ1) is 12.9. The number of nitrogens with two attached hydrogens (primary N) is 1. The average Bonchev–Trinajstić information content (AvgIpc) is 3.05. The summed E-state index contributed by atoms with van der Waals surface area (Å²) in [6.07, 6.45) is 3.69. The maximum Gasteiger partial charge on any atom is 0.224 e. The first-order valence-electron chi connectivity index (χ1n) is 6.80. The third-order valence-corrected chi connectivity index (χ3v) is 5.06. The maximum absolute atomic E-state index is 11.6. The summed E-state index contributed by atoms with van der Waals surface area (Å²) < 4.78 is 17.7. The van der Waals surface area contributed by atoms with Gasteiger partial charge in [-0.25, -0.2) is 13.7 Å². The van der Waals surface area contributed by atoms with Crippen molar-refractivity contribution in [1.82, 2.24) is 29.6 Å². The van der Waals surface area contributed by atoms with Gasteiger partial charge < -0.3 is 10.6 Å². The molecule has 9 nitrogen and oxygen atoms in total. The molecule has 0 radical (unpaired) electrons. The second-order valence-electron chi connectivity index (χ2n) is 5.54. The molecule has 0 aromatic carbocycles. The van der Waals surface area contributed by atoms with Crippen LogP contribution < -0.4 is 20.1 Å². The van der Waals surface area contributed by atoms with E-state index in [0.717, 1.165) is 37.1 Å². The minimum absolute atomic E-state index is 0.182. The molecule has 4 rings (SSSR count). The van der Waals surface area contributed by atoms with E-state index in [1.807, 2.05) is 0 Å². The smallest absolute Gasteiger partial charge is 0.224 e. The predicted octanol–water partition coefficient (Wildman–Crippen LogP) is -0.954. The van der Waals surface area contributed by atoms with Gasteiger partial charge in [-0.3, -0.25) is 5.10 Å². The highest BCUT2D eigenvalue weighted by Crippen LogP contribution is 2.30. The van der Waals surface area contributed by atoms with E-state index in [2.05, 4.69) is 34.5 Å². The lowest BCUT2D eigenvalue weighted by atomic mass is 9.90. The Kier molecular flexibility index (Phi) is 2.84. The van der Waals surface area contributed by atoms with Crippen molar-refractivity contribution in [3.05, 3.63) is 6.20 Å². The number of aromatic nitrogens is 4. The number of H-pyrrole nitrogens is 1. The number of anilines is 2. The number of nitrogens with zero attached hydrogens (tertiary/aromatic N) is 4. The van der Waals surface area contributed by atoms with Crippen molar-refractivity contribution in [3.63, 3.8) is 0 Å². The van der Waals surface area contributed by atoms with Crippen LogP contribution in [0.3, 0.4) is 0 Å². The summed E-state index contributed by atoms with van der Waals surface area (Å²) in [7, 11) is 0. The molecule has 4 heterocycles. The number of hydrogen-bond acceptors (Lipinski definition) is 6. The predicted molar refractivity (Wildman–Crippen MR) is 79.6 cm³/mol. The second kappa shape index (κ2) is 4.61. The van der Waals surface area contributed by atoms with Gasteiger partial charge in [0, 0.05) is 19.6 Å². The maximum atomic E-state index is 11.6. The van der Waals surface area contributed by atoms with Gasteiger partial charge in [-0.1, -0.05) is 0 Å². The van der Waals surface area contributed by atoms with Crippen LogP contribution in [-0.4, -0.2) is 49.5 Å². The zero-order chi connectivity index (χ0) is 14.4.